The number of hydrogen-bond donors (Lipinski definition) is 0. The van der Waals surface area contributed by atoms with Crippen molar-refractivity contribution in [1.29, 1.82) is 0 Å². The lowest BCUT2D eigenvalue weighted by Crippen LogP contribution is -2.06. The van der Waals surface area contributed by atoms with E-state index in [1.54, 1.807) is 20.0 Å². The summed E-state index contributed by atoms with van der Waals surface area (Å²) in [5.41, 5.74) is 5.24. The van der Waals surface area contributed by atoms with E-state index in [9.17, 15) is 9.18 Å². The summed E-state index contributed by atoms with van der Waals surface area (Å²) in [7, 11) is 0. The van der Waals surface area contributed by atoms with Crippen molar-refractivity contribution >= 4 is 11.4 Å². The van der Waals surface area contributed by atoms with Crippen molar-refractivity contribution in [3.8, 4) is 5.75 Å². The highest BCUT2D eigenvalue weighted by molar-refractivity contribution is 6.05. The highest BCUT2D eigenvalue weighted by Crippen LogP contribution is 2.42. The molecular weight excluding hydrogens is 305 g/mol. The number of halogens is 1. The Morgan fingerprint density at radius 3 is 2.71 bits per heavy atom. The Hall–Kier alpha value is -2.49. The molecule has 0 fully saturated rings. The molecule has 1 aliphatic rings. The maximum Gasteiger partial charge on any atom is 0.156 e. The number of hydrogen-bond acceptors (Lipinski definition) is 3. The van der Waals surface area contributed by atoms with Crippen LogP contribution in [0.3, 0.4) is 0 Å². The molecule has 1 aromatic carbocycles. The average molecular weight is 325 g/mol. The van der Waals surface area contributed by atoms with Crippen LogP contribution in [-0.4, -0.2) is 17.4 Å². The number of allylic oxidation sites excluding steroid dienone is 1. The Morgan fingerprint density at radius 1 is 1.29 bits per heavy atom. The van der Waals surface area contributed by atoms with Gasteiger partial charge in [0, 0.05) is 46.1 Å². The number of nitrogens with zero attached hydrogens (tertiary/aromatic N) is 1. The number of carbonyl (C=O) groups excluding carboxylic acids is 1. The van der Waals surface area contributed by atoms with Gasteiger partial charge in [0.25, 0.3) is 0 Å². The zero-order valence-corrected chi connectivity index (χ0v) is 14.4. The largest absolute Gasteiger partial charge is 0.492 e. The number of benzene rings is 1. The number of Topliss-reactive ketones (excluding diaryl/α,β-unsaturated/α-hetero) is 1. The van der Waals surface area contributed by atoms with Gasteiger partial charge < -0.3 is 4.74 Å². The molecule has 24 heavy (non-hydrogen) atoms. The molecule has 124 valence electrons. The third-order valence-corrected chi connectivity index (χ3v) is 4.55. The van der Waals surface area contributed by atoms with Crippen LogP contribution in [0.15, 0.2) is 30.0 Å². The first-order valence-electron chi connectivity index (χ1n) is 8.00. The van der Waals surface area contributed by atoms with Crippen molar-refractivity contribution < 1.29 is 13.9 Å². The van der Waals surface area contributed by atoms with Crippen LogP contribution in [0, 0.1) is 19.7 Å². The van der Waals surface area contributed by atoms with Crippen LogP contribution in [0.1, 0.15) is 41.8 Å². The lowest BCUT2D eigenvalue weighted by molar-refractivity contribution is -0.113. The average Bonchev–Trinajstić information content (AvgIpc) is 3.01. The molecule has 0 unspecified atom stereocenters. The van der Waals surface area contributed by atoms with Gasteiger partial charge in [-0.05, 0) is 45.4 Å². The fourth-order valence-electron chi connectivity index (χ4n) is 3.19. The molecule has 0 saturated heterocycles. The SMILES string of the molecule is CC(=O)/C(C)=C(\c1cccnc1C)c1c(C)cc(F)c2c1OCC2. The lowest BCUT2D eigenvalue weighted by Gasteiger charge is -2.19. The lowest BCUT2D eigenvalue weighted by atomic mass is 9.87. The quantitative estimate of drug-likeness (QED) is 0.795. The van der Waals surface area contributed by atoms with Crippen LogP contribution in [0.2, 0.25) is 0 Å². The van der Waals surface area contributed by atoms with E-state index in [-0.39, 0.29) is 11.6 Å². The molecule has 0 amide bonds. The highest BCUT2D eigenvalue weighted by Gasteiger charge is 2.27. The first kappa shape index (κ1) is 16.4. The standard InChI is InChI=1S/C20H20FNO2/c1-11-10-17(21)16-7-9-24-20(16)18(11)19(12(2)14(4)23)15-6-5-8-22-13(15)3/h5-6,8,10H,7,9H2,1-4H3/b19-12+. The van der Waals surface area contributed by atoms with E-state index in [1.807, 2.05) is 26.0 Å². The first-order valence-corrected chi connectivity index (χ1v) is 8.00. The summed E-state index contributed by atoms with van der Waals surface area (Å²) in [5.74, 6) is 0.293. The van der Waals surface area contributed by atoms with Gasteiger partial charge in [0.1, 0.15) is 11.6 Å². The van der Waals surface area contributed by atoms with E-state index in [0.29, 0.717) is 29.9 Å². The van der Waals surface area contributed by atoms with Crippen LogP contribution < -0.4 is 4.74 Å². The summed E-state index contributed by atoms with van der Waals surface area (Å²) in [5, 5.41) is 0. The molecule has 0 atom stereocenters. The second-order valence-electron chi connectivity index (χ2n) is 6.15. The molecule has 0 bridgehead atoms. The summed E-state index contributed by atoms with van der Waals surface area (Å²) in [4.78, 5) is 16.5. The third-order valence-electron chi connectivity index (χ3n) is 4.55. The molecule has 2 heterocycles. The van der Waals surface area contributed by atoms with E-state index < -0.39 is 0 Å². The molecular formula is C20H20FNO2. The van der Waals surface area contributed by atoms with Crippen molar-refractivity contribution in [2.24, 2.45) is 0 Å². The van der Waals surface area contributed by atoms with E-state index in [4.69, 9.17) is 4.74 Å². The molecule has 3 rings (SSSR count). The monoisotopic (exact) mass is 325 g/mol. The maximum absolute atomic E-state index is 14.3. The second-order valence-corrected chi connectivity index (χ2v) is 6.15. The molecule has 1 aromatic heterocycles. The molecule has 0 aliphatic carbocycles. The molecule has 0 saturated carbocycles. The maximum atomic E-state index is 14.3. The highest BCUT2D eigenvalue weighted by atomic mass is 19.1. The molecule has 1 aliphatic heterocycles. The number of carbonyl (C=O) groups is 1. The van der Waals surface area contributed by atoms with Crippen LogP contribution in [0.5, 0.6) is 5.75 Å². The molecule has 0 N–H and O–H groups in total. The Balaban J connectivity index is 2.39. The smallest absolute Gasteiger partial charge is 0.156 e. The predicted molar refractivity (Wildman–Crippen MR) is 91.7 cm³/mol. The second kappa shape index (κ2) is 6.19. The van der Waals surface area contributed by atoms with Crippen molar-refractivity contribution in [2.75, 3.05) is 6.61 Å². The van der Waals surface area contributed by atoms with E-state index >= 15 is 0 Å². The first-order chi connectivity index (χ1) is 11.4. The van der Waals surface area contributed by atoms with Gasteiger partial charge in [-0.25, -0.2) is 4.39 Å². The van der Waals surface area contributed by atoms with Gasteiger partial charge in [-0.2, -0.15) is 0 Å². The van der Waals surface area contributed by atoms with Crippen molar-refractivity contribution in [1.82, 2.24) is 4.98 Å². The number of ketones is 1. The van der Waals surface area contributed by atoms with Gasteiger partial charge in [0.2, 0.25) is 0 Å². The van der Waals surface area contributed by atoms with Gasteiger partial charge in [-0.3, -0.25) is 9.78 Å². The van der Waals surface area contributed by atoms with Crippen LogP contribution in [0.4, 0.5) is 4.39 Å². The van der Waals surface area contributed by atoms with Gasteiger partial charge in [-0.1, -0.05) is 6.07 Å². The van der Waals surface area contributed by atoms with Gasteiger partial charge >= 0.3 is 0 Å². The Bertz CT molecular complexity index is 868. The number of ether oxygens (including phenoxy) is 1. The van der Waals surface area contributed by atoms with Gasteiger partial charge in [0.15, 0.2) is 5.78 Å². The van der Waals surface area contributed by atoms with Crippen LogP contribution >= 0.6 is 0 Å². The van der Waals surface area contributed by atoms with E-state index in [1.165, 1.54) is 6.07 Å². The molecule has 0 radical (unpaired) electrons. The fourth-order valence-corrected chi connectivity index (χ4v) is 3.19. The fraction of sp³-hybridized carbons (Fsp3) is 0.300. The number of rotatable bonds is 3. The van der Waals surface area contributed by atoms with Crippen molar-refractivity contribution in [2.45, 2.75) is 34.1 Å². The summed E-state index contributed by atoms with van der Waals surface area (Å²) in [6.45, 7) is 7.55. The van der Waals surface area contributed by atoms with Crippen LogP contribution in [-0.2, 0) is 11.2 Å². The normalized spacial score (nSPS) is 14.0. The van der Waals surface area contributed by atoms with Crippen molar-refractivity contribution in [3.63, 3.8) is 0 Å². The number of pyridine rings is 1. The van der Waals surface area contributed by atoms with Crippen molar-refractivity contribution in [3.05, 3.63) is 63.7 Å². The van der Waals surface area contributed by atoms with E-state index in [2.05, 4.69) is 4.98 Å². The third kappa shape index (κ3) is 2.62. The predicted octanol–water partition coefficient (Wildman–Crippen LogP) is 4.18. The van der Waals surface area contributed by atoms with Gasteiger partial charge in [0.05, 0.1) is 6.61 Å². The summed E-state index contributed by atoms with van der Waals surface area (Å²) < 4.78 is 20.0. The van der Waals surface area contributed by atoms with Gasteiger partial charge in [-0.15, -0.1) is 0 Å². The Labute approximate surface area is 141 Å². The minimum atomic E-state index is -0.244. The summed E-state index contributed by atoms with van der Waals surface area (Å²) in [6, 6.07) is 5.31. The minimum Gasteiger partial charge on any atom is -0.492 e. The van der Waals surface area contributed by atoms with E-state index in [0.717, 1.165) is 28.0 Å². The zero-order valence-electron chi connectivity index (χ0n) is 14.4. The molecule has 2 aromatic rings. The van der Waals surface area contributed by atoms with Crippen LogP contribution in [0.25, 0.3) is 5.57 Å². The number of aromatic nitrogens is 1. The number of fused-ring (bicyclic) bond motifs is 1. The zero-order chi connectivity index (χ0) is 17.4. The number of aryl methyl sites for hydroxylation is 2. The molecule has 4 heteroatoms. The summed E-state index contributed by atoms with van der Waals surface area (Å²) >= 11 is 0. The molecule has 0 spiro atoms. The Morgan fingerprint density at radius 2 is 2.04 bits per heavy atom. The minimum absolute atomic E-state index is 0.0243. The summed E-state index contributed by atoms with van der Waals surface area (Å²) in [6.07, 6.45) is 2.27. The molecule has 3 nitrogen and oxygen atoms in total. The Kier molecular flexibility index (Phi) is 4.22. The topological polar surface area (TPSA) is 39.2 Å².